The molecule has 1 aliphatic heterocycles. The summed E-state index contributed by atoms with van der Waals surface area (Å²) in [6.07, 6.45) is 7.06. The van der Waals surface area contributed by atoms with Gasteiger partial charge in [-0.15, -0.1) is 0 Å². The Balaban J connectivity index is 2.22. The van der Waals surface area contributed by atoms with Gasteiger partial charge in [0.25, 0.3) is 0 Å². The van der Waals surface area contributed by atoms with E-state index in [1.165, 1.54) is 5.30 Å². The minimum atomic E-state index is -0.343. The smallest absolute Gasteiger partial charge is 0.307 e. The minimum absolute atomic E-state index is 0.0110. The van der Waals surface area contributed by atoms with E-state index in [2.05, 4.69) is 43.3 Å². The Labute approximate surface area is 116 Å². The van der Waals surface area contributed by atoms with Crippen LogP contribution in [0, 0.1) is 0 Å². The lowest BCUT2D eigenvalue weighted by molar-refractivity contribution is -0.143. The van der Waals surface area contributed by atoms with Crippen molar-refractivity contribution in [2.24, 2.45) is 0 Å². The Kier molecular flexibility index (Phi) is 4.76. The first-order valence-electron chi connectivity index (χ1n) is 6.88. The lowest BCUT2D eigenvalue weighted by atomic mass is 10.0. The zero-order valence-electron chi connectivity index (χ0n) is 11.6. The molecule has 0 aromatic heterocycles. The van der Waals surface area contributed by atoms with E-state index in [1.807, 2.05) is 13.0 Å². The Morgan fingerprint density at radius 2 is 2.05 bits per heavy atom. The molecule has 0 aliphatic carbocycles. The van der Waals surface area contributed by atoms with E-state index in [9.17, 15) is 4.79 Å². The van der Waals surface area contributed by atoms with Gasteiger partial charge < -0.3 is 4.74 Å². The summed E-state index contributed by atoms with van der Waals surface area (Å²) in [4.78, 5) is 11.9. The Bertz CT molecular complexity index is 455. The van der Waals surface area contributed by atoms with Gasteiger partial charge in [-0.3, -0.25) is 4.79 Å². The first kappa shape index (κ1) is 14.3. The highest BCUT2D eigenvalue weighted by molar-refractivity contribution is 7.68. The SMILES string of the molecule is CCOC(=O)C[C@]1(CC)C=CC[P@]1c1ccccc1. The number of carbonyl (C=O) groups is 1. The highest BCUT2D eigenvalue weighted by Crippen LogP contribution is 2.57. The van der Waals surface area contributed by atoms with E-state index in [-0.39, 0.29) is 19.0 Å². The van der Waals surface area contributed by atoms with E-state index >= 15 is 0 Å². The van der Waals surface area contributed by atoms with Crippen LogP contribution < -0.4 is 5.30 Å². The largest absolute Gasteiger partial charge is 0.466 e. The maximum Gasteiger partial charge on any atom is 0.307 e. The van der Waals surface area contributed by atoms with Crippen molar-refractivity contribution < 1.29 is 9.53 Å². The van der Waals surface area contributed by atoms with Gasteiger partial charge in [-0.2, -0.15) is 0 Å². The monoisotopic (exact) mass is 276 g/mol. The molecule has 0 unspecified atom stereocenters. The summed E-state index contributed by atoms with van der Waals surface area (Å²) < 4.78 is 5.15. The molecule has 0 bridgehead atoms. The van der Waals surface area contributed by atoms with E-state index < -0.39 is 0 Å². The summed E-state index contributed by atoms with van der Waals surface area (Å²) in [6.45, 7) is 4.50. The summed E-state index contributed by atoms with van der Waals surface area (Å²) >= 11 is 0. The molecule has 2 rings (SSSR count). The Morgan fingerprint density at radius 3 is 2.68 bits per heavy atom. The molecule has 0 fully saturated rings. The Morgan fingerprint density at radius 1 is 1.32 bits per heavy atom. The molecular formula is C16H21O2P. The summed E-state index contributed by atoms with van der Waals surface area (Å²) in [5.41, 5.74) is 0. The molecule has 1 aromatic rings. The highest BCUT2D eigenvalue weighted by Gasteiger charge is 2.40. The molecule has 2 nitrogen and oxygen atoms in total. The van der Waals surface area contributed by atoms with Gasteiger partial charge in [-0.25, -0.2) is 0 Å². The zero-order chi connectivity index (χ0) is 13.7. The summed E-state index contributed by atoms with van der Waals surface area (Å²) in [5, 5.41) is 1.37. The number of hydrogen-bond acceptors (Lipinski definition) is 2. The van der Waals surface area contributed by atoms with Crippen molar-refractivity contribution in [3.05, 3.63) is 42.5 Å². The average Bonchev–Trinajstić information content (AvgIpc) is 2.84. The average molecular weight is 276 g/mol. The van der Waals surface area contributed by atoms with Crippen LogP contribution in [-0.2, 0) is 9.53 Å². The van der Waals surface area contributed by atoms with E-state index in [4.69, 9.17) is 4.74 Å². The van der Waals surface area contributed by atoms with Crippen LogP contribution in [0.2, 0.25) is 0 Å². The molecule has 1 aromatic carbocycles. The fraction of sp³-hybridized carbons (Fsp3) is 0.438. The molecule has 3 heteroatoms. The van der Waals surface area contributed by atoms with Crippen LogP contribution in [0.5, 0.6) is 0 Å². The van der Waals surface area contributed by atoms with Crippen molar-refractivity contribution in [3.8, 4) is 0 Å². The standard InChI is InChI=1S/C16H21O2P/c1-3-16(13-15(17)18-4-2)11-8-12-19(16)14-9-6-5-7-10-14/h5-11H,3-4,12-13H2,1-2H3/t16-,19+/m0/s1. The molecular weight excluding hydrogens is 255 g/mol. The second-order valence-electron chi connectivity index (χ2n) is 4.79. The molecule has 0 amide bonds. The van der Waals surface area contributed by atoms with Crippen LogP contribution in [-0.4, -0.2) is 23.9 Å². The van der Waals surface area contributed by atoms with Gasteiger partial charge in [-0.1, -0.05) is 57.3 Å². The second-order valence-corrected chi connectivity index (χ2v) is 7.42. The van der Waals surface area contributed by atoms with Gasteiger partial charge in [0.05, 0.1) is 13.0 Å². The molecule has 0 N–H and O–H groups in total. The number of carbonyl (C=O) groups excluding carboxylic acids is 1. The predicted molar refractivity (Wildman–Crippen MR) is 81.3 cm³/mol. The normalized spacial score (nSPS) is 25.5. The number of esters is 1. The second kappa shape index (κ2) is 6.34. The van der Waals surface area contributed by atoms with Crippen molar-refractivity contribution in [1.82, 2.24) is 0 Å². The summed E-state index contributed by atoms with van der Waals surface area (Å²) in [7, 11) is -0.343. The highest BCUT2D eigenvalue weighted by atomic mass is 31.1. The third-order valence-corrected chi connectivity index (χ3v) is 6.89. The van der Waals surface area contributed by atoms with Gasteiger partial charge in [0.1, 0.15) is 0 Å². The molecule has 2 atom stereocenters. The van der Waals surface area contributed by atoms with Crippen LogP contribution in [0.15, 0.2) is 42.5 Å². The molecule has 19 heavy (non-hydrogen) atoms. The van der Waals surface area contributed by atoms with Crippen LogP contribution >= 0.6 is 7.92 Å². The molecule has 102 valence electrons. The lowest BCUT2D eigenvalue weighted by Gasteiger charge is -2.33. The molecule has 0 spiro atoms. The lowest BCUT2D eigenvalue weighted by Crippen LogP contribution is -2.29. The van der Waals surface area contributed by atoms with E-state index in [0.29, 0.717) is 13.0 Å². The predicted octanol–water partition coefficient (Wildman–Crippen LogP) is 3.47. The molecule has 1 heterocycles. The van der Waals surface area contributed by atoms with Crippen LogP contribution in [0.25, 0.3) is 0 Å². The third kappa shape index (κ3) is 3.06. The van der Waals surface area contributed by atoms with Crippen molar-refractivity contribution >= 4 is 19.2 Å². The molecule has 0 radical (unpaired) electrons. The zero-order valence-corrected chi connectivity index (χ0v) is 12.5. The quantitative estimate of drug-likeness (QED) is 0.467. The van der Waals surface area contributed by atoms with Gasteiger partial charge in [0.15, 0.2) is 0 Å². The van der Waals surface area contributed by atoms with E-state index in [0.717, 1.165) is 12.6 Å². The maximum atomic E-state index is 11.9. The van der Waals surface area contributed by atoms with Crippen molar-refractivity contribution in [1.29, 1.82) is 0 Å². The minimum Gasteiger partial charge on any atom is -0.466 e. The van der Waals surface area contributed by atoms with E-state index in [1.54, 1.807) is 0 Å². The fourth-order valence-electron chi connectivity index (χ4n) is 2.67. The fourth-order valence-corrected chi connectivity index (χ4v) is 5.59. The molecule has 0 saturated carbocycles. The number of allylic oxidation sites excluding steroid dienone is 2. The Hall–Kier alpha value is -1.14. The van der Waals surface area contributed by atoms with Crippen molar-refractivity contribution in [2.75, 3.05) is 12.8 Å². The third-order valence-electron chi connectivity index (χ3n) is 3.69. The van der Waals surface area contributed by atoms with Crippen molar-refractivity contribution in [3.63, 3.8) is 0 Å². The van der Waals surface area contributed by atoms with Gasteiger partial charge in [-0.05, 0) is 24.8 Å². The van der Waals surface area contributed by atoms with Gasteiger partial charge in [0, 0.05) is 5.16 Å². The number of hydrogen-bond donors (Lipinski definition) is 0. The van der Waals surface area contributed by atoms with Gasteiger partial charge in [0.2, 0.25) is 0 Å². The first-order valence-corrected chi connectivity index (χ1v) is 8.40. The summed E-state index contributed by atoms with van der Waals surface area (Å²) in [5.74, 6) is -0.0701. The molecule has 1 aliphatic rings. The van der Waals surface area contributed by atoms with Crippen LogP contribution in [0.3, 0.4) is 0 Å². The summed E-state index contributed by atoms with van der Waals surface area (Å²) in [6, 6.07) is 10.6. The molecule has 0 saturated heterocycles. The van der Waals surface area contributed by atoms with Gasteiger partial charge >= 0.3 is 5.97 Å². The van der Waals surface area contributed by atoms with Crippen molar-refractivity contribution in [2.45, 2.75) is 31.8 Å². The number of benzene rings is 1. The number of ether oxygens (including phenoxy) is 1. The number of rotatable bonds is 5. The van der Waals surface area contributed by atoms with Crippen LogP contribution in [0.1, 0.15) is 26.7 Å². The first-order chi connectivity index (χ1) is 9.22. The maximum absolute atomic E-state index is 11.9. The topological polar surface area (TPSA) is 26.3 Å². The van der Waals surface area contributed by atoms with Crippen LogP contribution in [0.4, 0.5) is 0 Å².